The van der Waals surface area contributed by atoms with Gasteiger partial charge < -0.3 is 23.9 Å². The second kappa shape index (κ2) is 8.39. The van der Waals surface area contributed by atoms with Gasteiger partial charge in [0.05, 0.1) is 36.3 Å². The fourth-order valence-corrected chi connectivity index (χ4v) is 4.64. The largest absolute Gasteiger partial charge is 0.493 e. The number of para-hydroxylation sites is 1. The Balaban J connectivity index is 1.84. The molecule has 2 aromatic carbocycles. The van der Waals surface area contributed by atoms with Crippen LogP contribution in [0.3, 0.4) is 0 Å². The normalized spacial score (nSPS) is 14.0. The highest BCUT2D eigenvalue weighted by molar-refractivity contribution is 6.51. The Morgan fingerprint density at radius 1 is 0.941 bits per heavy atom. The second-order valence-corrected chi connectivity index (χ2v) is 8.52. The van der Waals surface area contributed by atoms with Crippen LogP contribution in [0.15, 0.2) is 48.8 Å². The molecule has 5 rings (SSSR count). The summed E-state index contributed by atoms with van der Waals surface area (Å²) in [6.07, 6.45) is 3.71. The predicted octanol–water partition coefficient (Wildman–Crippen LogP) is 3.27. The lowest BCUT2D eigenvalue weighted by molar-refractivity contribution is -0.122. The molecular formula is C26H26N4O4. The predicted molar refractivity (Wildman–Crippen MR) is 132 cm³/mol. The number of hydrogen-bond acceptors (Lipinski definition) is 5. The van der Waals surface area contributed by atoms with E-state index in [4.69, 9.17) is 9.47 Å². The van der Waals surface area contributed by atoms with Gasteiger partial charge in [0.1, 0.15) is 0 Å². The molecule has 0 radical (unpaired) electrons. The number of nitrogens with zero attached hydrogens (tertiary/aromatic N) is 2. The van der Waals surface area contributed by atoms with Crippen molar-refractivity contribution in [3.05, 3.63) is 59.9 Å². The van der Waals surface area contributed by atoms with Gasteiger partial charge in [-0.3, -0.25) is 14.9 Å². The first-order valence-corrected chi connectivity index (χ1v) is 11.0. The average Bonchev–Trinajstić information content (AvgIpc) is 3.49. The minimum Gasteiger partial charge on any atom is -0.493 e. The lowest BCUT2D eigenvalue weighted by atomic mass is 9.95. The molecule has 1 aliphatic rings. The smallest absolute Gasteiger partial charge is 0.259 e. The molecule has 4 aromatic rings. The molecule has 0 unspecified atom stereocenters. The molecule has 0 bridgehead atoms. The Labute approximate surface area is 196 Å². The van der Waals surface area contributed by atoms with Crippen molar-refractivity contribution >= 4 is 44.8 Å². The van der Waals surface area contributed by atoms with E-state index in [2.05, 4.69) is 19.8 Å². The van der Waals surface area contributed by atoms with Crippen molar-refractivity contribution in [3.8, 4) is 11.5 Å². The minimum absolute atomic E-state index is 0.329. The van der Waals surface area contributed by atoms with Gasteiger partial charge in [0, 0.05) is 47.5 Å². The van der Waals surface area contributed by atoms with Gasteiger partial charge in [0.25, 0.3) is 11.8 Å². The molecule has 0 atom stereocenters. The number of ether oxygens (including phenoxy) is 2. The number of fused-ring (bicyclic) bond motifs is 2. The van der Waals surface area contributed by atoms with Crippen molar-refractivity contribution in [2.75, 3.05) is 34.9 Å². The molecule has 0 aliphatic carbocycles. The zero-order valence-corrected chi connectivity index (χ0v) is 19.6. The SMILES string of the molecule is COc1ccc2c(c(C3=C(c4c[nH]c5ccccc45)C(=O)NC3=O)cn2CCN(C)C)c1OC. The third kappa shape index (κ3) is 3.34. The quantitative estimate of drug-likeness (QED) is 0.415. The van der Waals surface area contributed by atoms with Gasteiger partial charge in [-0.2, -0.15) is 0 Å². The first-order valence-electron chi connectivity index (χ1n) is 11.0. The summed E-state index contributed by atoms with van der Waals surface area (Å²) in [5, 5.41) is 4.11. The molecule has 8 heteroatoms. The van der Waals surface area contributed by atoms with Crippen molar-refractivity contribution in [2.24, 2.45) is 0 Å². The molecule has 174 valence electrons. The second-order valence-electron chi connectivity index (χ2n) is 8.52. The number of benzene rings is 2. The summed E-state index contributed by atoms with van der Waals surface area (Å²) >= 11 is 0. The third-order valence-corrected chi connectivity index (χ3v) is 6.23. The Morgan fingerprint density at radius 3 is 2.38 bits per heavy atom. The zero-order chi connectivity index (χ0) is 24.0. The number of hydrogen-bond donors (Lipinski definition) is 2. The Hall–Kier alpha value is -4.04. The summed E-state index contributed by atoms with van der Waals surface area (Å²) in [5.74, 6) is 0.236. The van der Waals surface area contributed by atoms with E-state index in [-0.39, 0.29) is 0 Å². The van der Waals surface area contributed by atoms with E-state index in [0.717, 1.165) is 28.4 Å². The molecule has 3 heterocycles. The number of carbonyl (C=O) groups is 2. The van der Waals surface area contributed by atoms with Gasteiger partial charge >= 0.3 is 0 Å². The molecule has 2 amide bonds. The van der Waals surface area contributed by atoms with Crippen molar-refractivity contribution in [1.82, 2.24) is 19.8 Å². The highest BCUT2D eigenvalue weighted by Crippen LogP contribution is 2.44. The van der Waals surface area contributed by atoms with Crippen LogP contribution in [0.5, 0.6) is 11.5 Å². The summed E-state index contributed by atoms with van der Waals surface area (Å²) in [5.41, 5.74) is 3.78. The van der Waals surface area contributed by atoms with Crippen LogP contribution in [0.4, 0.5) is 0 Å². The Kier molecular flexibility index (Phi) is 5.37. The van der Waals surface area contributed by atoms with E-state index in [9.17, 15) is 9.59 Å². The number of methoxy groups -OCH3 is 2. The maximum Gasteiger partial charge on any atom is 0.259 e. The van der Waals surface area contributed by atoms with Gasteiger partial charge in [-0.1, -0.05) is 18.2 Å². The summed E-state index contributed by atoms with van der Waals surface area (Å²) in [6.45, 7) is 1.50. The highest BCUT2D eigenvalue weighted by atomic mass is 16.5. The average molecular weight is 459 g/mol. The molecule has 2 N–H and O–H groups in total. The summed E-state index contributed by atoms with van der Waals surface area (Å²) < 4.78 is 13.4. The standard InChI is InChI=1S/C26H26N4O4/c1-29(2)11-12-30-14-17(21-19(30)9-10-20(33-3)24(21)34-4)23-22(25(31)28-26(23)32)16-13-27-18-8-6-5-7-15(16)18/h5-10,13-14,27H,11-12H2,1-4H3,(H,28,31,32). The van der Waals surface area contributed by atoms with Gasteiger partial charge in [-0.15, -0.1) is 0 Å². The molecule has 0 spiro atoms. The maximum absolute atomic E-state index is 13.2. The van der Waals surface area contributed by atoms with E-state index < -0.39 is 11.8 Å². The molecular weight excluding hydrogens is 432 g/mol. The molecule has 0 fully saturated rings. The number of H-pyrrole nitrogens is 1. The van der Waals surface area contributed by atoms with Crippen LogP contribution >= 0.6 is 0 Å². The monoisotopic (exact) mass is 458 g/mol. The van der Waals surface area contributed by atoms with Crippen LogP contribution in [0.2, 0.25) is 0 Å². The molecule has 0 saturated heterocycles. The minimum atomic E-state index is -0.429. The highest BCUT2D eigenvalue weighted by Gasteiger charge is 2.36. The van der Waals surface area contributed by atoms with E-state index in [1.807, 2.05) is 56.7 Å². The first kappa shape index (κ1) is 21.8. The van der Waals surface area contributed by atoms with Gasteiger partial charge in [0.2, 0.25) is 0 Å². The van der Waals surface area contributed by atoms with Crippen LogP contribution in [0, 0.1) is 0 Å². The van der Waals surface area contributed by atoms with Crippen molar-refractivity contribution in [3.63, 3.8) is 0 Å². The number of nitrogens with one attached hydrogen (secondary N) is 2. The van der Waals surface area contributed by atoms with Crippen molar-refractivity contribution in [1.29, 1.82) is 0 Å². The molecule has 2 aromatic heterocycles. The number of likely N-dealkylation sites (N-methyl/N-ethyl adjacent to an activating group) is 1. The number of amides is 2. The molecule has 34 heavy (non-hydrogen) atoms. The maximum atomic E-state index is 13.2. The van der Waals surface area contributed by atoms with Crippen LogP contribution < -0.4 is 14.8 Å². The van der Waals surface area contributed by atoms with Crippen LogP contribution in [-0.2, 0) is 16.1 Å². The number of carbonyl (C=O) groups excluding carboxylic acids is 2. The summed E-state index contributed by atoms with van der Waals surface area (Å²) in [7, 11) is 7.18. The van der Waals surface area contributed by atoms with Gasteiger partial charge in [-0.25, -0.2) is 0 Å². The van der Waals surface area contributed by atoms with E-state index in [1.54, 1.807) is 20.4 Å². The zero-order valence-electron chi connectivity index (χ0n) is 19.6. The van der Waals surface area contributed by atoms with Crippen LogP contribution in [0.25, 0.3) is 33.0 Å². The van der Waals surface area contributed by atoms with E-state index >= 15 is 0 Å². The fourth-order valence-electron chi connectivity index (χ4n) is 4.64. The topological polar surface area (TPSA) is 88.6 Å². The Morgan fingerprint density at radius 2 is 1.68 bits per heavy atom. The lowest BCUT2D eigenvalue weighted by Gasteiger charge is -2.13. The summed E-state index contributed by atoms with van der Waals surface area (Å²) in [4.78, 5) is 31.6. The number of aromatic nitrogens is 2. The lowest BCUT2D eigenvalue weighted by Crippen LogP contribution is -2.22. The van der Waals surface area contributed by atoms with Crippen molar-refractivity contribution in [2.45, 2.75) is 6.54 Å². The third-order valence-electron chi connectivity index (χ3n) is 6.23. The number of rotatable bonds is 7. The summed E-state index contributed by atoms with van der Waals surface area (Å²) in [6, 6.07) is 11.5. The fraction of sp³-hybridized carbons (Fsp3) is 0.231. The molecule has 0 saturated carbocycles. The molecule has 1 aliphatic heterocycles. The van der Waals surface area contributed by atoms with E-state index in [1.165, 1.54) is 0 Å². The van der Waals surface area contributed by atoms with Crippen molar-refractivity contribution < 1.29 is 19.1 Å². The molecule has 8 nitrogen and oxygen atoms in total. The Bertz CT molecular complexity index is 1480. The van der Waals surface area contributed by atoms with E-state index in [0.29, 0.717) is 40.3 Å². The van der Waals surface area contributed by atoms with Crippen LogP contribution in [-0.4, -0.2) is 61.1 Å². The van der Waals surface area contributed by atoms with Crippen LogP contribution in [0.1, 0.15) is 11.1 Å². The number of aromatic amines is 1. The first-order chi connectivity index (χ1) is 16.4. The van der Waals surface area contributed by atoms with Gasteiger partial charge in [0.15, 0.2) is 11.5 Å². The van der Waals surface area contributed by atoms with Gasteiger partial charge in [-0.05, 0) is 32.3 Å². The number of imide groups is 1.